The van der Waals surface area contributed by atoms with Crippen molar-refractivity contribution in [3.05, 3.63) is 40.4 Å². The fourth-order valence-electron chi connectivity index (χ4n) is 3.03. The van der Waals surface area contributed by atoms with Gasteiger partial charge in [0, 0.05) is 22.5 Å². The molecule has 94 valence electrons. The molecule has 1 aliphatic heterocycles. The summed E-state index contributed by atoms with van der Waals surface area (Å²) in [5, 5.41) is 13.2. The molecule has 2 N–H and O–H groups in total. The molecule has 0 spiro atoms. The molecule has 4 heteroatoms. The maximum absolute atomic E-state index is 11.4. The van der Waals surface area contributed by atoms with E-state index in [0.29, 0.717) is 5.02 Å². The second-order valence-electron chi connectivity index (χ2n) is 4.95. The fraction of sp³-hybridized carbons (Fsp3) is 0.357. The first-order valence-electron chi connectivity index (χ1n) is 6.04. The molecule has 1 heterocycles. The highest BCUT2D eigenvalue weighted by Crippen LogP contribution is 2.46. The zero-order valence-corrected chi connectivity index (χ0v) is 10.7. The van der Waals surface area contributed by atoms with Crippen LogP contribution < -0.4 is 5.32 Å². The minimum atomic E-state index is -0.793. The molecule has 2 aliphatic rings. The molecule has 0 radical (unpaired) electrons. The number of hydrogen-bond donors (Lipinski definition) is 2. The Morgan fingerprint density at radius 1 is 1.50 bits per heavy atom. The first-order chi connectivity index (χ1) is 8.59. The number of nitrogens with one attached hydrogen (secondary N) is 1. The topological polar surface area (TPSA) is 49.3 Å². The van der Waals surface area contributed by atoms with Crippen molar-refractivity contribution in [2.24, 2.45) is 5.92 Å². The number of fused-ring (bicyclic) bond motifs is 3. The van der Waals surface area contributed by atoms with Gasteiger partial charge in [-0.15, -0.1) is 0 Å². The highest BCUT2D eigenvalue weighted by atomic mass is 35.5. The molecule has 0 aromatic heterocycles. The van der Waals surface area contributed by atoms with Crippen LogP contribution in [0.5, 0.6) is 0 Å². The van der Waals surface area contributed by atoms with E-state index in [-0.39, 0.29) is 11.8 Å². The van der Waals surface area contributed by atoms with Crippen molar-refractivity contribution < 1.29 is 9.90 Å². The van der Waals surface area contributed by atoms with E-state index >= 15 is 0 Å². The lowest BCUT2D eigenvalue weighted by atomic mass is 9.78. The number of benzene rings is 1. The van der Waals surface area contributed by atoms with Gasteiger partial charge in [-0.3, -0.25) is 0 Å². The third kappa shape index (κ3) is 1.54. The summed E-state index contributed by atoms with van der Waals surface area (Å²) < 4.78 is 0. The Bertz CT molecular complexity index is 553. The summed E-state index contributed by atoms with van der Waals surface area (Å²) in [5.41, 5.74) is 2.98. The van der Waals surface area contributed by atoms with Gasteiger partial charge in [-0.2, -0.15) is 0 Å². The number of carbonyl (C=O) groups is 1. The normalized spacial score (nSPS) is 28.4. The molecule has 0 fully saturated rings. The molecule has 3 nitrogen and oxygen atoms in total. The average molecular weight is 264 g/mol. The minimum absolute atomic E-state index is 0.107. The zero-order chi connectivity index (χ0) is 12.9. The van der Waals surface area contributed by atoms with Crippen LogP contribution in [0.4, 0.5) is 5.69 Å². The van der Waals surface area contributed by atoms with Crippen molar-refractivity contribution in [3.63, 3.8) is 0 Å². The second kappa shape index (κ2) is 4.02. The molecule has 1 aromatic rings. The van der Waals surface area contributed by atoms with Gasteiger partial charge in [0.1, 0.15) is 6.04 Å². The van der Waals surface area contributed by atoms with Crippen LogP contribution in [-0.2, 0) is 4.79 Å². The van der Waals surface area contributed by atoms with E-state index in [1.54, 1.807) is 0 Å². The van der Waals surface area contributed by atoms with Crippen molar-refractivity contribution in [2.75, 3.05) is 5.32 Å². The Balaban J connectivity index is 2.14. The van der Waals surface area contributed by atoms with Crippen molar-refractivity contribution in [2.45, 2.75) is 25.3 Å². The SMILES string of the molecule is Cc1c(Cl)ccc2c1N[C@@H](C(=O)O)[C@H]1CC=C[C@@H]21. The van der Waals surface area contributed by atoms with Gasteiger partial charge in [-0.25, -0.2) is 4.79 Å². The fourth-order valence-corrected chi connectivity index (χ4v) is 3.19. The molecule has 3 atom stereocenters. The molecule has 0 bridgehead atoms. The van der Waals surface area contributed by atoms with E-state index < -0.39 is 12.0 Å². The number of carboxylic acids is 1. The maximum atomic E-state index is 11.4. The predicted molar refractivity (Wildman–Crippen MR) is 71.2 cm³/mol. The Morgan fingerprint density at radius 2 is 2.28 bits per heavy atom. The van der Waals surface area contributed by atoms with Gasteiger partial charge in [0.05, 0.1) is 0 Å². The first-order valence-corrected chi connectivity index (χ1v) is 6.42. The number of rotatable bonds is 1. The lowest BCUT2D eigenvalue weighted by Crippen LogP contribution is -2.42. The van der Waals surface area contributed by atoms with Crippen molar-refractivity contribution >= 4 is 23.3 Å². The molecular formula is C14H14ClNO2. The van der Waals surface area contributed by atoms with Crippen LogP contribution in [-0.4, -0.2) is 17.1 Å². The minimum Gasteiger partial charge on any atom is -0.480 e. The lowest BCUT2D eigenvalue weighted by Gasteiger charge is -2.35. The molecule has 0 saturated heterocycles. The van der Waals surface area contributed by atoms with Gasteiger partial charge < -0.3 is 10.4 Å². The number of allylic oxidation sites excluding steroid dienone is 2. The number of carboxylic acid groups (broad SMARTS) is 1. The molecule has 1 aromatic carbocycles. The van der Waals surface area contributed by atoms with Crippen LogP contribution in [0.15, 0.2) is 24.3 Å². The predicted octanol–water partition coefficient (Wildman–Crippen LogP) is 3.19. The smallest absolute Gasteiger partial charge is 0.326 e. The van der Waals surface area contributed by atoms with Crippen molar-refractivity contribution in [1.29, 1.82) is 0 Å². The van der Waals surface area contributed by atoms with Gasteiger partial charge in [0.2, 0.25) is 0 Å². The van der Waals surface area contributed by atoms with Gasteiger partial charge >= 0.3 is 5.97 Å². The van der Waals surface area contributed by atoms with Crippen LogP contribution in [0.3, 0.4) is 0 Å². The summed E-state index contributed by atoms with van der Waals surface area (Å²) in [6.45, 7) is 1.92. The van der Waals surface area contributed by atoms with Crippen molar-refractivity contribution in [1.82, 2.24) is 0 Å². The molecular weight excluding hydrogens is 250 g/mol. The molecule has 0 saturated carbocycles. The van der Waals surface area contributed by atoms with Crippen LogP contribution in [0, 0.1) is 12.8 Å². The third-order valence-corrected chi connectivity index (χ3v) is 4.41. The molecule has 0 unspecified atom stereocenters. The third-order valence-electron chi connectivity index (χ3n) is 4.00. The highest BCUT2D eigenvalue weighted by Gasteiger charge is 2.41. The largest absolute Gasteiger partial charge is 0.480 e. The number of hydrogen-bond acceptors (Lipinski definition) is 2. The summed E-state index contributed by atoms with van der Waals surface area (Å²) >= 11 is 6.11. The van der Waals surface area contributed by atoms with Crippen LogP contribution in [0.2, 0.25) is 5.02 Å². The molecule has 0 amide bonds. The Labute approximate surface area is 110 Å². The van der Waals surface area contributed by atoms with E-state index in [4.69, 9.17) is 11.6 Å². The zero-order valence-electron chi connectivity index (χ0n) is 9.98. The number of anilines is 1. The Kier molecular flexibility index (Phi) is 2.59. The summed E-state index contributed by atoms with van der Waals surface area (Å²) in [5.74, 6) is -0.493. The summed E-state index contributed by atoms with van der Waals surface area (Å²) in [6, 6.07) is 3.36. The van der Waals surface area contributed by atoms with Gasteiger partial charge in [0.25, 0.3) is 0 Å². The molecule has 18 heavy (non-hydrogen) atoms. The van der Waals surface area contributed by atoms with Gasteiger partial charge in [-0.1, -0.05) is 29.8 Å². The molecule has 3 rings (SSSR count). The summed E-state index contributed by atoms with van der Waals surface area (Å²) in [7, 11) is 0. The quantitative estimate of drug-likeness (QED) is 0.765. The summed E-state index contributed by atoms with van der Waals surface area (Å²) in [6.07, 6.45) is 5.01. The second-order valence-corrected chi connectivity index (χ2v) is 5.36. The van der Waals surface area contributed by atoms with Crippen molar-refractivity contribution in [3.8, 4) is 0 Å². The van der Waals surface area contributed by atoms with E-state index in [9.17, 15) is 9.90 Å². The Hall–Kier alpha value is -1.48. The standard InChI is InChI=1S/C14H14ClNO2/c1-7-11(15)6-5-10-8-3-2-4-9(8)13(14(17)18)16-12(7)10/h2-3,5-6,8-9,13,16H,4H2,1H3,(H,17,18)/t8-,9+,13-/m1/s1. The van der Waals surface area contributed by atoms with Gasteiger partial charge in [0.15, 0.2) is 0 Å². The van der Waals surface area contributed by atoms with Crippen LogP contribution in [0.1, 0.15) is 23.5 Å². The monoisotopic (exact) mass is 263 g/mol. The summed E-state index contributed by atoms with van der Waals surface area (Å²) in [4.78, 5) is 11.4. The lowest BCUT2D eigenvalue weighted by molar-refractivity contribution is -0.139. The Morgan fingerprint density at radius 3 is 3.00 bits per heavy atom. The van der Waals surface area contributed by atoms with E-state index in [0.717, 1.165) is 23.2 Å². The average Bonchev–Trinajstić information content (AvgIpc) is 2.81. The van der Waals surface area contributed by atoms with Gasteiger partial charge in [-0.05, 0) is 30.5 Å². The van der Waals surface area contributed by atoms with Crippen LogP contribution in [0.25, 0.3) is 0 Å². The molecule has 1 aliphatic carbocycles. The van der Waals surface area contributed by atoms with E-state index in [1.807, 2.05) is 19.1 Å². The first kappa shape index (κ1) is 11.6. The number of halogens is 1. The van der Waals surface area contributed by atoms with E-state index in [2.05, 4.69) is 17.5 Å². The number of aliphatic carboxylic acids is 1. The van der Waals surface area contributed by atoms with E-state index in [1.165, 1.54) is 0 Å². The van der Waals surface area contributed by atoms with Crippen LogP contribution >= 0.6 is 11.6 Å². The highest BCUT2D eigenvalue weighted by molar-refractivity contribution is 6.31. The maximum Gasteiger partial charge on any atom is 0.326 e.